The van der Waals surface area contributed by atoms with E-state index in [1.807, 2.05) is 30.3 Å². The number of rotatable bonds is 2. The van der Waals surface area contributed by atoms with Gasteiger partial charge >= 0.3 is 5.97 Å². The number of carbonyl (C=O) groups excluding carboxylic acids is 2. The highest BCUT2D eigenvalue weighted by molar-refractivity contribution is 6.00. The summed E-state index contributed by atoms with van der Waals surface area (Å²) < 4.78 is 4.66. The van der Waals surface area contributed by atoms with Crippen LogP contribution in [0.3, 0.4) is 0 Å². The molecule has 0 spiro atoms. The Morgan fingerprint density at radius 1 is 1.42 bits per heavy atom. The first-order valence-electron chi connectivity index (χ1n) is 6.20. The molecule has 4 nitrogen and oxygen atoms in total. The molecule has 1 fully saturated rings. The van der Waals surface area contributed by atoms with Crippen LogP contribution in [0.15, 0.2) is 30.3 Å². The van der Waals surface area contributed by atoms with E-state index in [-0.39, 0.29) is 18.6 Å². The zero-order valence-corrected chi connectivity index (χ0v) is 10.8. The summed E-state index contributed by atoms with van der Waals surface area (Å²) in [4.78, 5) is 23.5. The summed E-state index contributed by atoms with van der Waals surface area (Å²) in [6.45, 7) is 0. The molecule has 0 saturated heterocycles. The van der Waals surface area contributed by atoms with Crippen molar-refractivity contribution < 1.29 is 14.3 Å². The van der Waals surface area contributed by atoms with Crippen molar-refractivity contribution in [3.8, 4) is 6.07 Å². The predicted octanol–water partition coefficient (Wildman–Crippen LogP) is 1.99. The molecule has 98 valence electrons. The van der Waals surface area contributed by atoms with Gasteiger partial charge in [-0.3, -0.25) is 9.59 Å². The Labute approximate surface area is 112 Å². The van der Waals surface area contributed by atoms with Crippen molar-refractivity contribution in [1.29, 1.82) is 5.26 Å². The van der Waals surface area contributed by atoms with Crippen LogP contribution in [0.25, 0.3) is 0 Å². The Balaban J connectivity index is 2.36. The molecule has 1 aliphatic rings. The third-order valence-electron chi connectivity index (χ3n) is 3.77. The minimum atomic E-state index is -0.821. The number of ketones is 1. The summed E-state index contributed by atoms with van der Waals surface area (Å²) in [6, 6.07) is 11.6. The van der Waals surface area contributed by atoms with Crippen LogP contribution in [0.1, 0.15) is 24.8 Å². The zero-order chi connectivity index (χ0) is 13.9. The van der Waals surface area contributed by atoms with Gasteiger partial charge in [0, 0.05) is 6.42 Å². The molecule has 0 aromatic heterocycles. The summed E-state index contributed by atoms with van der Waals surface area (Å²) in [5.74, 6) is -1.49. The molecule has 2 rings (SSSR count). The highest BCUT2D eigenvalue weighted by atomic mass is 16.5. The molecular weight excluding hydrogens is 242 g/mol. The number of ether oxygens (including phenoxy) is 1. The number of Topliss-reactive ketones (excluding diaryl/α,β-unsaturated/α-hetero) is 1. The van der Waals surface area contributed by atoms with Gasteiger partial charge in [0.05, 0.1) is 18.6 Å². The standard InChI is InChI=1S/C15H15NO3/c1-19-14(18)12-9-15(10-16,8-7-13(12)17)11-5-3-2-4-6-11/h2-6,12H,7-9H2,1H3/t12-,15-/m0/s1. The third-order valence-corrected chi connectivity index (χ3v) is 3.77. The smallest absolute Gasteiger partial charge is 0.316 e. The van der Waals surface area contributed by atoms with Gasteiger partial charge in [-0.15, -0.1) is 0 Å². The molecule has 0 heterocycles. The Hall–Kier alpha value is -2.15. The minimum absolute atomic E-state index is 0.131. The third kappa shape index (κ3) is 2.37. The number of hydrogen-bond acceptors (Lipinski definition) is 4. The second-order valence-corrected chi connectivity index (χ2v) is 4.81. The van der Waals surface area contributed by atoms with Gasteiger partial charge in [-0.1, -0.05) is 30.3 Å². The number of nitrogens with zero attached hydrogens (tertiary/aromatic N) is 1. The van der Waals surface area contributed by atoms with Crippen LogP contribution < -0.4 is 0 Å². The van der Waals surface area contributed by atoms with Crippen molar-refractivity contribution in [3.63, 3.8) is 0 Å². The van der Waals surface area contributed by atoms with Gasteiger partial charge in [0.25, 0.3) is 0 Å². The van der Waals surface area contributed by atoms with E-state index in [2.05, 4.69) is 10.8 Å². The SMILES string of the molecule is COC(=O)[C@H]1C[C@@](C#N)(c2ccccc2)CCC1=O. The highest BCUT2D eigenvalue weighted by Crippen LogP contribution is 2.40. The average molecular weight is 257 g/mol. The maximum absolute atomic E-state index is 11.8. The lowest BCUT2D eigenvalue weighted by Crippen LogP contribution is -2.40. The normalized spacial score (nSPS) is 26.5. The molecule has 1 aliphatic carbocycles. The highest BCUT2D eigenvalue weighted by Gasteiger charge is 2.45. The van der Waals surface area contributed by atoms with Gasteiger partial charge in [0.2, 0.25) is 0 Å². The quantitative estimate of drug-likeness (QED) is 0.600. The minimum Gasteiger partial charge on any atom is -0.468 e. The average Bonchev–Trinajstić information content (AvgIpc) is 2.48. The van der Waals surface area contributed by atoms with Crippen molar-refractivity contribution in [2.45, 2.75) is 24.7 Å². The van der Waals surface area contributed by atoms with Gasteiger partial charge < -0.3 is 4.74 Å². The van der Waals surface area contributed by atoms with Crippen molar-refractivity contribution >= 4 is 11.8 Å². The van der Waals surface area contributed by atoms with Crippen LogP contribution in [0.4, 0.5) is 0 Å². The van der Waals surface area contributed by atoms with Crippen molar-refractivity contribution in [1.82, 2.24) is 0 Å². The summed E-state index contributed by atoms with van der Waals surface area (Å²) in [6.07, 6.45) is 0.904. The maximum atomic E-state index is 11.8. The predicted molar refractivity (Wildman–Crippen MR) is 68.1 cm³/mol. The molecule has 2 atom stereocenters. The molecule has 19 heavy (non-hydrogen) atoms. The molecule has 0 aliphatic heterocycles. The summed E-state index contributed by atoms with van der Waals surface area (Å²) >= 11 is 0. The molecule has 1 aromatic rings. The molecule has 0 N–H and O–H groups in total. The fourth-order valence-corrected chi connectivity index (χ4v) is 2.62. The second kappa shape index (κ2) is 5.23. The topological polar surface area (TPSA) is 67.2 Å². The molecule has 0 unspecified atom stereocenters. The van der Waals surface area contributed by atoms with Gasteiger partial charge in [-0.25, -0.2) is 0 Å². The van der Waals surface area contributed by atoms with E-state index < -0.39 is 17.3 Å². The Morgan fingerprint density at radius 3 is 2.68 bits per heavy atom. The van der Waals surface area contributed by atoms with Crippen LogP contribution in [-0.2, 0) is 19.7 Å². The summed E-state index contributed by atoms with van der Waals surface area (Å²) in [5, 5.41) is 9.54. The number of nitriles is 1. The Bertz CT molecular complexity index is 524. The molecule has 0 bridgehead atoms. The molecular formula is C15H15NO3. The van der Waals surface area contributed by atoms with E-state index in [9.17, 15) is 14.9 Å². The fourth-order valence-electron chi connectivity index (χ4n) is 2.62. The molecule has 0 radical (unpaired) electrons. The first kappa shape index (κ1) is 13.3. The molecule has 0 amide bonds. The number of methoxy groups -OCH3 is 1. The van der Waals surface area contributed by atoms with E-state index >= 15 is 0 Å². The molecule has 1 saturated carbocycles. The lowest BCUT2D eigenvalue weighted by Gasteiger charge is -2.34. The second-order valence-electron chi connectivity index (χ2n) is 4.81. The first-order valence-corrected chi connectivity index (χ1v) is 6.20. The van der Waals surface area contributed by atoms with Gasteiger partial charge in [0.15, 0.2) is 0 Å². The first-order chi connectivity index (χ1) is 9.13. The van der Waals surface area contributed by atoms with Crippen LogP contribution in [-0.4, -0.2) is 18.9 Å². The lowest BCUT2D eigenvalue weighted by molar-refractivity contribution is -0.151. The Kier molecular flexibility index (Phi) is 3.66. The van der Waals surface area contributed by atoms with Crippen LogP contribution in [0.5, 0.6) is 0 Å². The summed E-state index contributed by atoms with van der Waals surface area (Å²) in [7, 11) is 1.26. The van der Waals surface area contributed by atoms with Crippen molar-refractivity contribution in [2.75, 3.05) is 7.11 Å². The number of benzene rings is 1. The van der Waals surface area contributed by atoms with Crippen LogP contribution in [0, 0.1) is 17.2 Å². The van der Waals surface area contributed by atoms with Crippen LogP contribution >= 0.6 is 0 Å². The zero-order valence-electron chi connectivity index (χ0n) is 10.8. The van der Waals surface area contributed by atoms with Crippen molar-refractivity contribution in [3.05, 3.63) is 35.9 Å². The monoisotopic (exact) mass is 257 g/mol. The van der Waals surface area contributed by atoms with Crippen molar-refractivity contribution in [2.24, 2.45) is 5.92 Å². The van der Waals surface area contributed by atoms with E-state index in [1.165, 1.54) is 7.11 Å². The number of hydrogen-bond donors (Lipinski definition) is 0. The van der Waals surface area contributed by atoms with Gasteiger partial charge in [0.1, 0.15) is 11.7 Å². The van der Waals surface area contributed by atoms with E-state index in [0.29, 0.717) is 6.42 Å². The summed E-state index contributed by atoms with van der Waals surface area (Å²) in [5.41, 5.74) is 0.0903. The maximum Gasteiger partial charge on any atom is 0.316 e. The Morgan fingerprint density at radius 2 is 2.11 bits per heavy atom. The van der Waals surface area contributed by atoms with Gasteiger partial charge in [-0.2, -0.15) is 5.26 Å². The number of carbonyl (C=O) groups is 2. The number of esters is 1. The van der Waals surface area contributed by atoms with Crippen LogP contribution in [0.2, 0.25) is 0 Å². The van der Waals surface area contributed by atoms with E-state index in [4.69, 9.17) is 0 Å². The molecule has 4 heteroatoms. The largest absolute Gasteiger partial charge is 0.468 e. The van der Waals surface area contributed by atoms with Gasteiger partial charge in [-0.05, 0) is 18.4 Å². The fraction of sp³-hybridized carbons (Fsp3) is 0.400. The van der Waals surface area contributed by atoms with E-state index in [0.717, 1.165) is 5.56 Å². The molecule has 1 aromatic carbocycles. The van der Waals surface area contributed by atoms with E-state index in [1.54, 1.807) is 0 Å². The lowest BCUT2D eigenvalue weighted by atomic mass is 9.66.